The van der Waals surface area contributed by atoms with Crippen LogP contribution in [0.1, 0.15) is 18.9 Å². The summed E-state index contributed by atoms with van der Waals surface area (Å²) in [5, 5.41) is 10.4. The Kier molecular flexibility index (Phi) is 3.17. The molecule has 1 N–H and O–H groups in total. The molecule has 0 unspecified atom stereocenters. The molecule has 0 spiro atoms. The van der Waals surface area contributed by atoms with Crippen molar-refractivity contribution in [3.8, 4) is 0 Å². The average molecular weight is 226 g/mol. The van der Waals surface area contributed by atoms with Gasteiger partial charge in [-0.05, 0) is 30.5 Å². The zero-order valence-electron chi connectivity index (χ0n) is 8.91. The number of rotatable bonds is 3. The fourth-order valence-corrected chi connectivity index (χ4v) is 2.16. The summed E-state index contributed by atoms with van der Waals surface area (Å²) in [6.07, 6.45) is 1.62. The van der Waals surface area contributed by atoms with E-state index in [4.69, 9.17) is 11.6 Å². The average Bonchev–Trinajstić information content (AvgIpc) is 2.61. The summed E-state index contributed by atoms with van der Waals surface area (Å²) in [5.41, 5.74) is 2.53. The highest BCUT2D eigenvalue weighted by Crippen LogP contribution is 2.30. The molecular formula is C12H16ClNO. The van der Waals surface area contributed by atoms with E-state index in [1.54, 1.807) is 0 Å². The number of hydrogen-bond donors (Lipinski definition) is 1. The Bertz CT molecular complexity index is 353. The summed E-state index contributed by atoms with van der Waals surface area (Å²) >= 11 is 5.97. The molecule has 0 fully saturated rings. The molecule has 3 heteroatoms. The number of benzene rings is 1. The van der Waals surface area contributed by atoms with Crippen molar-refractivity contribution in [2.45, 2.75) is 25.9 Å². The van der Waals surface area contributed by atoms with E-state index in [1.165, 1.54) is 11.3 Å². The van der Waals surface area contributed by atoms with E-state index in [-0.39, 0.29) is 6.10 Å². The van der Waals surface area contributed by atoms with E-state index in [2.05, 4.69) is 11.0 Å². The van der Waals surface area contributed by atoms with Crippen LogP contribution in [0, 0.1) is 0 Å². The topological polar surface area (TPSA) is 23.5 Å². The summed E-state index contributed by atoms with van der Waals surface area (Å²) < 4.78 is 0. The second kappa shape index (κ2) is 4.42. The summed E-state index contributed by atoms with van der Waals surface area (Å²) in [7, 11) is 0. The second-order valence-electron chi connectivity index (χ2n) is 4.03. The predicted octanol–water partition coefficient (Wildman–Crippen LogP) is 2.47. The van der Waals surface area contributed by atoms with Crippen molar-refractivity contribution in [3.05, 3.63) is 28.8 Å². The van der Waals surface area contributed by atoms with Gasteiger partial charge < -0.3 is 10.0 Å². The fourth-order valence-electron chi connectivity index (χ4n) is 1.99. The van der Waals surface area contributed by atoms with Gasteiger partial charge >= 0.3 is 0 Å². The monoisotopic (exact) mass is 225 g/mol. The van der Waals surface area contributed by atoms with E-state index in [0.29, 0.717) is 6.54 Å². The van der Waals surface area contributed by atoms with Crippen molar-refractivity contribution in [2.24, 2.45) is 0 Å². The molecule has 0 amide bonds. The van der Waals surface area contributed by atoms with Crippen LogP contribution < -0.4 is 4.90 Å². The standard InChI is InChI=1S/C12H16ClNO/c1-2-11(15)8-14-6-5-9-3-4-10(13)7-12(9)14/h3-4,7,11,15H,2,5-6,8H2,1H3/t11-/m1/s1. The number of hydrogen-bond acceptors (Lipinski definition) is 2. The molecule has 1 aromatic carbocycles. The van der Waals surface area contributed by atoms with Crippen LogP contribution in [0.4, 0.5) is 5.69 Å². The smallest absolute Gasteiger partial charge is 0.0712 e. The Morgan fingerprint density at radius 2 is 2.33 bits per heavy atom. The van der Waals surface area contributed by atoms with Crippen LogP contribution >= 0.6 is 11.6 Å². The third-order valence-corrected chi connectivity index (χ3v) is 3.18. The first kappa shape index (κ1) is 10.8. The highest BCUT2D eigenvalue weighted by molar-refractivity contribution is 6.30. The van der Waals surface area contributed by atoms with Crippen LogP contribution in [0.25, 0.3) is 0 Å². The molecule has 1 aromatic rings. The Morgan fingerprint density at radius 3 is 3.07 bits per heavy atom. The van der Waals surface area contributed by atoms with Crippen molar-refractivity contribution >= 4 is 17.3 Å². The molecule has 1 heterocycles. The Balaban J connectivity index is 2.16. The van der Waals surface area contributed by atoms with Crippen LogP contribution in [0.2, 0.25) is 5.02 Å². The van der Waals surface area contributed by atoms with Crippen molar-refractivity contribution in [2.75, 3.05) is 18.0 Å². The van der Waals surface area contributed by atoms with Gasteiger partial charge in [-0.25, -0.2) is 0 Å². The lowest BCUT2D eigenvalue weighted by Crippen LogP contribution is -2.30. The van der Waals surface area contributed by atoms with Gasteiger partial charge in [0, 0.05) is 23.8 Å². The van der Waals surface area contributed by atoms with Gasteiger partial charge in [-0.3, -0.25) is 0 Å². The fraction of sp³-hybridized carbons (Fsp3) is 0.500. The molecule has 2 rings (SSSR count). The van der Waals surface area contributed by atoms with Gasteiger partial charge in [-0.15, -0.1) is 0 Å². The lowest BCUT2D eigenvalue weighted by molar-refractivity contribution is 0.176. The maximum absolute atomic E-state index is 9.64. The highest BCUT2D eigenvalue weighted by Gasteiger charge is 2.20. The first-order valence-electron chi connectivity index (χ1n) is 5.42. The molecule has 0 radical (unpaired) electrons. The molecule has 2 nitrogen and oxygen atoms in total. The van der Waals surface area contributed by atoms with Gasteiger partial charge in [0.05, 0.1) is 6.10 Å². The predicted molar refractivity (Wildman–Crippen MR) is 63.7 cm³/mol. The summed E-state index contributed by atoms with van der Waals surface area (Å²) in [6.45, 7) is 3.70. The van der Waals surface area contributed by atoms with E-state index >= 15 is 0 Å². The minimum absolute atomic E-state index is 0.241. The van der Waals surface area contributed by atoms with E-state index in [0.717, 1.165) is 24.4 Å². The summed E-state index contributed by atoms with van der Waals surface area (Å²) in [4.78, 5) is 2.22. The summed E-state index contributed by atoms with van der Waals surface area (Å²) in [6, 6.07) is 6.00. The molecular weight excluding hydrogens is 210 g/mol. The highest BCUT2D eigenvalue weighted by atomic mass is 35.5. The summed E-state index contributed by atoms with van der Waals surface area (Å²) in [5.74, 6) is 0. The number of aliphatic hydroxyl groups excluding tert-OH is 1. The Morgan fingerprint density at radius 1 is 1.53 bits per heavy atom. The van der Waals surface area contributed by atoms with Crippen LogP contribution in [0.15, 0.2) is 18.2 Å². The molecule has 82 valence electrons. The van der Waals surface area contributed by atoms with Gasteiger partial charge in [0.25, 0.3) is 0 Å². The first-order chi connectivity index (χ1) is 7.20. The van der Waals surface area contributed by atoms with Crippen molar-refractivity contribution in [1.29, 1.82) is 0 Å². The second-order valence-corrected chi connectivity index (χ2v) is 4.47. The maximum Gasteiger partial charge on any atom is 0.0712 e. The lowest BCUT2D eigenvalue weighted by atomic mass is 10.2. The number of nitrogens with zero attached hydrogens (tertiary/aromatic N) is 1. The van der Waals surface area contributed by atoms with Crippen molar-refractivity contribution < 1.29 is 5.11 Å². The number of aliphatic hydroxyl groups is 1. The third-order valence-electron chi connectivity index (χ3n) is 2.94. The van der Waals surface area contributed by atoms with Crippen LogP contribution in [0.5, 0.6) is 0 Å². The molecule has 1 aliphatic rings. The quantitative estimate of drug-likeness (QED) is 0.855. The molecule has 15 heavy (non-hydrogen) atoms. The molecule has 0 aliphatic carbocycles. The van der Waals surface area contributed by atoms with Gasteiger partial charge in [0.15, 0.2) is 0 Å². The first-order valence-corrected chi connectivity index (χ1v) is 5.80. The molecule has 0 saturated heterocycles. The third kappa shape index (κ3) is 2.27. The number of halogens is 1. The largest absolute Gasteiger partial charge is 0.391 e. The number of fused-ring (bicyclic) bond motifs is 1. The number of β-amino-alcohol motifs (C(OH)–C–C–N with tert-alkyl or cyclic N) is 1. The van der Waals surface area contributed by atoms with Crippen LogP contribution in [-0.4, -0.2) is 24.3 Å². The molecule has 0 aromatic heterocycles. The lowest BCUT2D eigenvalue weighted by Gasteiger charge is -2.22. The molecule has 0 bridgehead atoms. The van der Waals surface area contributed by atoms with Gasteiger partial charge in [0.1, 0.15) is 0 Å². The minimum Gasteiger partial charge on any atom is -0.391 e. The number of anilines is 1. The van der Waals surface area contributed by atoms with Crippen molar-refractivity contribution in [3.63, 3.8) is 0 Å². The van der Waals surface area contributed by atoms with E-state index < -0.39 is 0 Å². The van der Waals surface area contributed by atoms with Gasteiger partial charge in [-0.1, -0.05) is 24.6 Å². The zero-order chi connectivity index (χ0) is 10.8. The van der Waals surface area contributed by atoms with Crippen LogP contribution in [-0.2, 0) is 6.42 Å². The van der Waals surface area contributed by atoms with Gasteiger partial charge in [-0.2, -0.15) is 0 Å². The zero-order valence-corrected chi connectivity index (χ0v) is 9.67. The Labute approximate surface area is 95.5 Å². The van der Waals surface area contributed by atoms with E-state index in [1.807, 2.05) is 19.1 Å². The van der Waals surface area contributed by atoms with Gasteiger partial charge in [0.2, 0.25) is 0 Å². The van der Waals surface area contributed by atoms with E-state index in [9.17, 15) is 5.11 Å². The molecule has 1 aliphatic heterocycles. The minimum atomic E-state index is -0.241. The SMILES string of the molecule is CC[C@@H](O)CN1CCc2ccc(Cl)cc21. The van der Waals surface area contributed by atoms with Crippen molar-refractivity contribution in [1.82, 2.24) is 0 Å². The van der Waals surface area contributed by atoms with Crippen LogP contribution in [0.3, 0.4) is 0 Å². The molecule has 1 atom stereocenters. The molecule has 0 saturated carbocycles. The normalized spacial score (nSPS) is 16.6. The Hall–Kier alpha value is -0.730. The maximum atomic E-state index is 9.64.